The Labute approximate surface area is 178 Å². The molecule has 0 saturated heterocycles. The number of amides is 1. The highest BCUT2D eigenvalue weighted by Gasteiger charge is 2.37. The minimum atomic E-state index is -0.798. The number of rotatable bonds is 4. The van der Waals surface area contributed by atoms with E-state index in [0.29, 0.717) is 29.5 Å². The van der Waals surface area contributed by atoms with Gasteiger partial charge < -0.3 is 19.5 Å². The number of thiophene rings is 1. The van der Waals surface area contributed by atoms with Crippen molar-refractivity contribution in [1.82, 2.24) is 0 Å². The molecule has 28 heavy (non-hydrogen) atoms. The van der Waals surface area contributed by atoms with E-state index in [4.69, 9.17) is 4.74 Å². The lowest BCUT2D eigenvalue weighted by Gasteiger charge is -2.38. The smallest absolute Gasteiger partial charge is 0.437 e. The highest BCUT2D eigenvalue weighted by atomic mass is 79.9. The Balaban J connectivity index is 1.90. The lowest BCUT2D eigenvalue weighted by molar-refractivity contribution is -0.124. The molecule has 8 heteroatoms. The van der Waals surface area contributed by atoms with Crippen LogP contribution in [0.25, 0.3) is 0 Å². The molecule has 2 fully saturated rings. The second-order valence-corrected chi connectivity index (χ2v) is 10.3. The van der Waals surface area contributed by atoms with Crippen LogP contribution in [0.4, 0.5) is 10.5 Å². The topological polar surface area (TPSA) is 76.1 Å². The van der Waals surface area contributed by atoms with Crippen molar-refractivity contribution in [3.63, 3.8) is 0 Å². The zero-order chi connectivity index (χ0) is 20.3. The Hall–Kier alpha value is -1.12. The Bertz CT molecular complexity index is 693. The normalized spacial score (nSPS) is 27.9. The molecule has 0 atom stereocenters. The van der Waals surface area contributed by atoms with Crippen molar-refractivity contribution in [3.8, 4) is 5.06 Å². The van der Waals surface area contributed by atoms with E-state index in [1.165, 1.54) is 18.4 Å². The number of carbonyl (C=O) groups is 2. The van der Waals surface area contributed by atoms with E-state index < -0.39 is 6.16 Å². The first-order valence-corrected chi connectivity index (χ1v) is 11.6. The Kier molecular flexibility index (Phi) is 7.39. The van der Waals surface area contributed by atoms with Crippen LogP contribution in [0.1, 0.15) is 58.3 Å². The largest absolute Gasteiger partial charge is 0.514 e. The quantitative estimate of drug-likeness (QED) is 0.614. The van der Waals surface area contributed by atoms with Gasteiger partial charge >= 0.3 is 6.16 Å². The first-order valence-electron chi connectivity index (χ1n) is 9.95. The molecule has 3 rings (SSSR count). The molecule has 2 saturated carbocycles. The summed E-state index contributed by atoms with van der Waals surface area (Å²) in [5, 5.41) is 10.3. The first kappa shape index (κ1) is 21.6. The third-order valence-electron chi connectivity index (χ3n) is 5.89. The number of hydrogen-bond donors (Lipinski definition) is 1. The molecule has 1 N–H and O–H groups in total. The van der Waals surface area contributed by atoms with Crippen molar-refractivity contribution in [2.24, 2.45) is 11.8 Å². The van der Waals surface area contributed by atoms with Crippen molar-refractivity contribution in [3.05, 3.63) is 9.85 Å². The van der Waals surface area contributed by atoms with Gasteiger partial charge in [0.05, 0.1) is 22.7 Å². The molecule has 0 spiro atoms. The molecule has 0 aromatic carbocycles. The average Bonchev–Trinajstić information content (AvgIpc) is 3.03. The number of hydrogen-bond acceptors (Lipinski definition) is 6. The lowest BCUT2D eigenvalue weighted by Crippen LogP contribution is -2.46. The maximum absolute atomic E-state index is 13.6. The summed E-state index contributed by atoms with van der Waals surface area (Å²) in [5.74, 6) is 0.761. The predicted octanol–water partition coefficient (Wildman–Crippen LogP) is 5.12. The zero-order valence-corrected chi connectivity index (χ0v) is 18.8. The number of halogens is 1. The molecular weight excluding hydrogens is 446 g/mol. The van der Waals surface area contributed by atoms with Gasteiger partial charge in [0.2, 0.25) is 11.0 Å². The summed E-state index contributed by atoms with van der Waals surface area (Å²) in [6, 6.07) is 1.84. The van der Waals surface area contributed by atoms with E-state index >= 15 is 0 Å². The summed E-state index contributed by atoms with van der Waals surface area (Å²) >= 11 is 4.72. The van der Waals surface area contributed by atoms with Gasteiger partial charge in [0, 0.05) is 12.0 Å². The maximum Gasteiger partial charge on any atom is 0.514 e. The van der Waals surface area contributed by atoms with Gasteiger partial charge in [0.25, 0.3) is 0 Å². The summed E-state index contributed by atoms with van der Waals surface area (Å²) in [6.45, 7) is 2.24. The fraction of sp³-hybridized carbons (Fsp3) is 0.700. The molecule has 1 heterocycles. The molecule has 2 aliphatic carbocycles. The SMILES string of the molecule is COC(=O)Oc1sc(Br)cc1N(C(=O)C1CCC(C)CC1)C1CCC(O)CC1. The summed E-state index contributed by atoms with van der Waals surface area (Å²) in [6.07, 6.45) is 5.64. The molecule has 1 aromatic rings. The fourth-order valence-corrected chi connectivity index (χ4v) is 5.59. The van der Waals surface area contributed by atoms with Crippen LogP contribution < -0.4 is 9.64 Å². The highest BCUT2D eigenvalue weighted by Crippen LogP contribution is 2.44. The van der Waals surface area contributed by atoms with Crippen LogP contribution in [0, 0.1) is 11.8 Å². The van der Waals surface area contributed by atoms with Gasteiger partial charge in [-0.15, -0.1) is 0 Å². The summed E-state index contributed by atoms with van der Waals surface area (Å²) < 4.78 is 10.8. The Morgan fingerprint density at radius 2 is 1.79 bits per heavy atom. The van der Waals surface area contributed by atoms with E-state index in [1.54, 1.807) is 0 Å². The van der Waals surface area contributed by atoms with Gasteiger partial charge in [0.15, 0.2) is 0 Å². The number of carbonyl (C=O) groups excluding carboxylic acids is 2. The third kappa shape index (κ3) is 5.07. The maximum atomic E-state index is 13.6. The summed E-state index contributed by atoms with van der Waals surface area (Å²) in [5.41, 5.74) is 0.618. The van der Waals surface area contributed by atoms with Crippen LogP contribution in [0.2, 0.25) is 0 Å². The predicted molar refractivity (Wildman–Crippen MR) is 112 cm³/mol. The van der Waals surface area contributed by atoms with Crippen LogP contribution in [-0.2, 0) is 9.53 Å². The molecule has 0 radical (unpaired) electrons. The van der Waals surface area contributed by atoms with Gasteiger partial charge in [-0.1, -0.05) is 18.3 Å². The monoisotopic (exact) mass is 473 g/mol. The minimum Gasteiger partial charge on any atom is -0.437 e. The Morgan fingerprint density at radius 1 is 1.14 bits per heavy atom. The molecule has 6 nitrogen and oxygen atoms in total. The van der Waals surface area contributed by atoms with Gasteiger partial charge in [-0.25, -0.2) is 4.79 Å². The molecule has 0 bridgehead atoms. The molecule has 1 amide bonds. The van der Waals surface area contributed by atoms with Crippen molar-refractivity contribution in [2.45, 2.75) is 70.4 Å². The van der Waals surface area contributed by atoms with Crippen LogP contribution in [0.3, 0.4) is 0 Å². The number of methoxy groups -OCH3 is 1. The van der Waals surface area contributed by atoms with Crippen molar-refractivity contribution >= 4 is 45.0 Å². The molecule has 0 unspecified atom stereocenters. The second kappa shape index (κ2) is 9.59. The minimum absolute atomic E-state index is 0.00301. The van der Waals surface area contributed by atoms with E-state index in [9.17, 15) is 14.7 Å². The average molecular weight is 474 g/mol. The van der Waals surface area contributed by atoms with Crippen LogP contribution >= 0.6 is 27.3 Å². The number of aliphatic hydroxyl groups is 1. The van der Waals surface area contributed by atoms with E-state index in [1.807, 2.05) is 11.0 Å². The van der Waals surface area contributed by atoms with E-state index in [2.05, 4.69) is 27.6 Å². The van der Waals surface area contributed by atoms with Crippen molar-refractivity contribution in [1.29, 1.82) is 0 Å². The van der Waals surface area contributed by atoms with Crippen LogP contribution in [-0.4, -0.2) is 36.4 Å². The second-order valence-electron chi connectivity index (χ2n) is 7.91. The Morgan fingerprint density at radius 3 is 2.39 bits per heavy atom. The number of anilines is 1. The molecule has 2 aliphatic rings. The van der Waals surface area contributed by atoms with Crippen LogP contribution in [0.15, 0.2) is 9.85 Å². The molecule has 156 valence electrons. The van der Waals surface area contributed by atoms with Gasteiger partial charge in [0.1, 0.15) is 0 Å². The van der Waals surface area contributed by atoms with Gasteiger partial charge in [-0.3, -0.25) is 4.79 Å². The fourth-order valence-electron chi connectivity index (χ4n) is 4.21. The first-order chi connectivity index (χ1) is 13.4. The van der Waals surface area contributed by atoms with Crippen LogP contribution in [0.5, 0.6) is 5.06 Å². The van der Waals surface area contributed by atoms with Gasteiger partial charge in [-0.2, -0.15) is 0 Å². The number of aliphatic hydroxyl groups excluding tert-OH is 1. The van der Waals surface area contributed by atoms with E-state index in [0.717, 1.165) is 42.3 Å². The molecular formula is C20H28BrNO5S. The standard InChI is InChI=1S/C20H28BrNO5S/c1-12-3-5-13(6-4-12)18(24)22(14-7-9-15(23)10-8-14)16-11-17(21)28-19(16)27-20(25)26-2/h11-15,23H,3-10H2,1-2H3. The number of ether oxygens (including phenoxy) is 2. The third-order valence-corrected chi connectivity index (χ3v) is 7.39. The van der Waals surface area contributed by atoms with E-state index in [-0.39, 0.29) is 24.0 Å². The summed E-state index contributed by atoms with van der Waals surface area (Å²) in [4.78, 5) is 27.1. The lowest BCUT2D eigenvalue weighted by atomic mass is 9.81. The molecule has 0 aliphatic heterocycles. The highest BCUT2D eigenvalue weighted by molar-refractivity contribution is 9.11. The molecule has 1 aromatic heterocycles. The van der Waals surface area contributed by atoms with Crippen molar-refractivity contribution < 1.29 is 24.2 Å². The summed E-state index contributed by atoms with van der Waals surface area (Å²) in [7, 11) is 1.26. The van der Waals surface area contributed by atoms with Crippen molar-refractivity contribution in [2.75, 3.05) is 12.0 Å². The van der Waals surface area contributed by atoms with Gasteiger partial charge in [-0.05, 0) is 79.3 Å². The zero-order valence-electron chi connectivity index (χ0n) is 16.4. The number of nitrogens with zero attached hydrogens (tertiary/aromatic N) is 1.